The van der Waals surface area contributed by atoms with Crippen molar-refractivity contribution in [3.8, 4) is 23.0 Å². The van der Waals surface area contributed by atoms with Gasteiger partial charge in [0.1, 0.15) is 17.3 Å². The highest BCUT2D eigenvalue weighted by atomic mass is 16.5. The standard InChI is InChI=1S/C41H44N4O/c1-24(2)31-18-19-42-39(21-31)44-37-15-10-9-14-35(37)36-17-16-34(23-38(36)44)46-33-13-11-12-32(22-33)45-30(8)41(29(7)43-45)40-27(5)25(3)20-26(4)28(40)6/h9-19,21-25,27,40H,20H2,1-8H3/t25-,27-,40-/m0/s1. The van der Waals surface area contributed by atoms with Crippen LogP contribution in [-0.2, 0) is 0 Å². The molecule has 7 rings (SSSR count). The van der Waals surface area contributed by atoms with E-state index in [0.29, 0.717) is 23.7 Å². The van der Waals surface area contributed by atoms with Crippen LogP contribution in [0.1, 0.15) is 82.3 Å². The van der Waals surface area contributed by atoms with E-state index in [1.165, 1.54) is 45.2 Å². The van der Waals surface area contributed by atoms with Gasteiger partial charge in [-0.1, -0.05) is 63.1 Å². The van der Waals surface area contributed by atoms with E-state index >= 15 is 0 Å². The average Bonchev–Trinajstić information content (AvgIpc) is 3.53. The van der Waals surface area contributed by atoms with Crippen LogP contribution in [-0.4, -0.2) is 19.3 Å². The van der Waals surface area contributed by atoms with Gasteiger partial charge >= 0.3 is 0 Å². The number of hydrogen-bond acceptors (Lipinski definition) is 3. The molecule has 0 bridgehead atoms. The number of para-hydroxylation sites is 1. The molecule has 0 fully saturated rings. The summed E-state index contributed by atoms with van der Waals surface area (Å²) < 4.78 is 10.9. The maximum Gasteiger partial charge on any atom is 0.137 e. The quantitative estimate of drug-likeness (QED) is 0.177. The van der Waals surface area contributed by atoms with Crippen molar-refractivity contribution >= 4 is 21.8 Å². The lowest BCUT2D eigenvalue weighted by molar-refractivity contribution is 0.321. The molecule has 0 spiro atoms. The van der Waals surface area contributed by atoms with Gasteiger partial charge in [0.15, 0.2) is 0 Å². The second kappa shape index (κ2) is 11.6. The monoisotopic (exact) mass is 608 g/mol. The fraction of sp³-hybridized carbons (Fsp3) is 0.317. The van der Waals surface area contributed by atoms with E-state index in [0.717, 1.165) is 39.7 Å². The molecule has 3 heterocycles. The Hall–Kier alpha value is -4.64. The first-order chi connectivity index (χ1) is 22.1. The average molecular weight is 609 g/mol. The molecular formula is C41H44N4O. The molecule has 3 aromatic carbocycles. The van der Waals surface area contributed by atoms with Crippen molar-refractivity contribution in [3.63, 3.8) is 0 Å². The number of allylic oxidation sites excluding steroid dienone is 2. The van der Waals surface area contributed by atoms with Crippen LogP contribution in [0.4, 0.5) is 0 Å². The molecule has 0 radical (unpaired) electrons. The predicted octanol–water partition coefficient (Wildman–Crippen LogP) is 11.0. The van der Waals surface area contributed by atoms with E-state index in [9.17, 15) is 0 Å². The molecule has 0 N–H and O–H groups in total. The van der Waals surface area contributed by atoms with E-state index in [2.05, 4.69) is 137 Å². The Bertz CT molecular complexity index is 2130. The van der Waals surface area contributed by atoms with Gasteiger partial charge in [0, 0.05) is 46.3 Å². The van der Waals surface area contributed by atoms with E-state index in [1.807, 2.05) is 12.3 Å². The van der Waals surface area contributed by atoms with Crippen LogP contribution in [0.15, 0.2) is 96.2 Å². The molecule has 5 nitrogen and oxygen atoms in total. The van der Waals surface area contributed by atoms with Crippen LogP contribution in [0.3, 0.4) is 0 Å². The number of benzene rings is 3. The predicted molar refractivity (Wildman–Crippen MR) is 190 cm³/mol. The summed E-state index contributed by atoms with van der Waals surface area (Å²) in [5.41, 5.74) is 11.2. The summed E-state index contributed by atoms with van der Waals surface area (Å²) in [6, 6.07) is 27.5. The van der Waals surface area contributed by atoms with Gasteiger partial charge in [-0.3, -0.25) is 4.57 Å². The highest BCUT2D eigenvalue weighted by Crippen LogP contribution is 2.46. The zero-order chi connectivity index (χ0) is 32.3. The summed E-state index contributed by atoms with van der Waals surface area (Å²) in [5.74, 6) is 4.51. The van der Waals surface area contributed by atoms with Gasteiger partial charge in [0.2, 0.25) is 0 Å². The van der Waals surface area contributed by atoms with Crippen molar-refractivity contribution in [2.75, 3.05) is 0 Å². The first kappa shape index (κ1) is 30.0. The minimum Gasteiger partial charge on any atom is -0.457 e. The molecule has 234 valence electrons. The van der Waals surface area contributed by atoms with Gasteiger partial charge in [-0.15, -0.1) is 0 Å². The SMILES string of the molecule is CC1=C(C)[C@@H](c2c(C)nn(-c3cccc(Oc4ccc5c6ccccc6n(-c6cc(C(C)C)ccn6)c5c4)c3)c2C)[C@@H](C)[C@@H](C)C1. The molecule has 3 aromatic heterocycles. The first-order valence-corrected chi connectivity index (χ1v) is 16.6. The Kier molecular flexibility index (Phi) is 7.59. The van der Waals surface area contributed by atoms with Gasteiger partial charge in [0.05, 0.1) is 22.4 Å². The zero-order valence-corrected chi connectivity index (χ0v) is 28.3. The smallest absolute Gasteiger partial charge is 0.137 e. The third kappa shape index (κ3) is 5.02. The van der Waals surface area contributed by atoms with Gasteiger partial charge in [-0.2, -0.15) is 5.10 Å². The van der Waals surface area contributed by atoms with Gasteiger partial charge in [0.25, 0.3) is 0 Å². The second-order valence-corrected chi connectivity index (χ2v) is 13.7. The fourth-order valence-corrected chi connectivity index (χ4v) is 7.64. The Balaban J connectivity index is 1.27. The molecule has 0 saturated heterocycles. The lowest BCUT2D eigenvalue weighted by atomic mass is 9.68. The van der Waals surface area contributed by atoms with Crippen molar-refractivity contribution in [2.45, 2.75) is 73.6 Å². The summed E-state index contributed by atoms with van der Waals surface area (Å²) >= 11 is 0. The molecule has 46 heavy (non-hydrogen) atoms. The van der Waals surface area contributed by atoms with Crippen LogP contribution in [0, 0.1) is 25.7 Å². The number of nitrogens with zero attached hydrogens (tertiary/aromatic N) is 4. The summed E-state index contributed by atoms with van der Waals surface area (Å²) in [7, 11) is 0. The molecule has 5 heteroatoms. The lowest BCUT2D eigenvalue weighted by Crippen LogP contribution is -2.25. The summed E-state index contributed by atoms with van der Waals surface area (Å²) in [6.45, 7) is 18.2. The van der Waals surface area contributed by atoms with E-state index in [1.54, 1.807) is 0 Å². The van der Waals surface area contributed by atoms with Gasteiger partial charge in [-0.25, -0.2) is 9.67 Å². The third-order valence-electron chi connectivity index (χ3n) is 10.5. The normalized spacial score (nSPS) is 18.7. The molecule has 3 atom stereocenters. The lowest BCUT2D eigenvalue weighted by Gasteiger charge is -2.36. The molecule has 0 unspecified atom stereocenters. The summed E-state index contributed by atoms with van der Waals surface area (Å²) in [6.07, 6.45) is 3.10. The van der Waals surface area contributed by atoms with Crippen molar-refractivity contribution in [3.05, 3.63) is 119 Å². The molecule has 1 aliphatic rings. The molecule has 0 saturated carbocycles. The van der Waals surface area contributed by atoms with E-state index < -0.39 is 0 Å². The molecular weight excluding hydrogens is 564 g/mol. The molecule has 0 aliphatic heterocycles. The molecule has 6 aromatic rings. The number of aromatic nitrogens is 4. The van der Waals surface area contributed by atoms with Crippen molar-refractivity contribution in [1.82, 2.24) is 19.3 Å². The van der Waals surface area contributed by atoms with E-state index in [4.69, 9.17) is 14.8 Å². The minimum atomic E-state index is 0.395. The Morgan fingerprint density at radius 2 is 1.57 bits per heavy atom. The highest BCUT2D eigenvalue weighted by Gasteiger charge is 2.34. The third-order valence-corrected chi connectivity index (χ3v) is 10.5. The van der Waals surface area contributed by atoms with E-state index in [-0.39, 0.29) is 0 Å². The number of pyridine rings is 1. The number of hydrogen-bond donors (Lipinski definition) is 0. The maximum atomic E-state index is 6.57. The van der Waals surface area contributed by atoms with Gasteiger partial charge < -0.3 is 4.74 Å². The highest BCUT2D eigenvalue weighted by molar-refractivity contribution is 6.09. The summed E-state index contributed by atoms with van der Waals surface area (Å²) in [4.78, 5) is 4.80. The topological polar surface area (TPSA) is 44.9 Å². The number of fused-ring (bicyclic) bond motifs is 3. The molecule has 0 amide bonds. The first-order valence-electron chi connectivity index (χ1n) is 16.6. The van der Waals surface area contributed by atoms with Crippen LogP contribution < -0.4 is 4.74 Å². The Morgan fingerprint density at radius 1 is 0.804 bits per heavy atom. The van der Waals surface area contributed by atoms with Crippen LogP contribution in [0.5, 0.6) is 11.5 Å². The van der Waals surface area contributed by atoms with Crippen LogP contribution in [0.25, 0.3) is 33.3 Å². The largest absolute Gasteiger partial charge is 0.457 e. The summed E-state index contributed by atoms with van der Waals surface area (Å²) in [5, 5.41) is 7.46. The number of rotatable bonds is 6. The Morgan fingerprint density at radius 3 is 2.37 bits per heavy atom. The Labute approximate surface area is 272 Å². The van der Waals surface area contributed by atoms with Crippen LogP contribution in [0.2, 0.25) is 0 Å². The van der Waals surface area contributed by atoms with Crippen molar-refractivity contribution in [2.24, 2.45) is 11.8 Å². The minimum absolute atomic E-state index is 0.395. The van der Waals surface area contributed by atoms with Crippen LogP contribution >= 0.6 is 0 Å². The molecule has 1 aliphatic carbocycles. The number of aryl methyl sites for hydroxylation is 1. The fourth-order valence-electron chi connectivity index (χ4n) is 7.64. The number of ether oxygens (including phenoxy) is 1. The maximum absolute atomic E-state index is 6.57. The van der Waals surface area contributed by atoms with Crippen molar-refractivity contribution < 1.29 is 4.74 Å². The van der Waals surface area contributed by atoms with Gasteiger partial charge in [-0.05, 0) is 99.9 Å². The zero-order valence-electron chi connectivity index (χ0n) is 28.3. The van der Waals surface area contributed by atoms with Crippen molar-refractivity contribution in [1.29, 1.82) is 0 Å². The second-order valence-electron chi connectivity index (χ2n) is 13.7.